The minimum absolute atomic E-state index is 0.381. The maximum absolute atomic E-state index is 12.5. The van der Waals surface area contributed by atoms with Gasteiger partial charge in [0.05, 0.1) is 22.3 Å². The second-order valence-electron chi connectivity index (χ2n) is 11.5. The third-order valence-corrected chi connectivity index (χ3v) is 8.41. The molecule has 0 heterocycles. The van der Waals surface area contributed by atoms with E-state index in [1.807, 2.05) is 121 Å². The molecule has 0 aliphatic rings. The highest BCUT2D eigenvalue weighted by Crippen LogP contribution is 2.24. The number of ether oxygens (including phenoxy) is 2. The van der Waals surface area contributed by atoms with Crippen molar-refractivity contribution in [3.8, 4) is 0 Å². The van der Waals surface area contributed by atoms with Crippen LogP contribution in [-0.4, -0.2) is 23.9 Å². The number of benzene rings is 8. The summed E-state index contributed by atoms with van der Waals surface area (Å²) < 4.78 is 10.3. The molecule has 6 heteroatoms. The van der Waals surface area contributed by atoms with Crippen LogP contribution in [0.3, 0.4) is 0 Å². The zero-order valence-corrected chi connectivity index (χ0v) is 26.6. The summed E-state index contributed by atoms with van der Waals surface area (Å²) in [5.41, 5.74) is 1.52. The zero-order valence-electron chi connectivity index (χ0n) is 26.6. The van der Waals surface area contributed by atoms with E-state index in [9.17, 15) is 19.2 Å². The second kappa shape index (κ2) is 14.1. The highest BCUT2D eigenvalue weighted by molar-refractivity contribution is 6.14. The number of rotatable bonds is 4. The molecule has 240 valence electrons. The van der Waals surface area contributed by atoms with Gasteiger partial charge in [0.1, 0.15) is 0 Å². The van der Waals surface area contributed by atoms with Crippen LogP contribution in [0.15, 0.2) is 170 Å². The Balaban J connectivity index is 0.000000157. The van der Waals surface area contributed by atoms with Gasteiger partial charge in [0.25, 0.3) is 0 Å². The molecule has 6 nitrogen and oxygen atoms in total. The minimum Gasteiger partial charge on any atom is -0.386 e. The van der Waals surface area contributed by atoms with E-state index in [-0.39, 0.29) is 0 Å². The van der Waals surface area contributed by atoms with E-state index in [0.29, 0.717) is 22.3 Å². The minimum atomic E-state index is -0.644. The van der Waals surface area contributed by atoms with Gasteiger partial charge in [-0.25, -0.2) is 19.2 Å². The smallest absolute Gasteiger partial charge is 0.346 e. The van der Waals surface area contributed by atoms with Gasteiger partial charge in [0.15, 0.2) is 0 Å². The van der Waals surface area contributed by atoms with E-state index >= 15 is 0 Å². The maximum atomic E-state index is 12.5. The van der Waals surface area contributed by atoms with Crippen LogP contribution in [0.5, 0.6) is 0 Å². The lowest BCUT2D eigenvalue weighted by Crippen LogP contribution is -2.13. The van der Waals surface area contributed by atoms with E-state index in [4.69, 9.17) is 9.47 Å². The highest BCUT2D eigenvalue weighted by atomic mass is 16.6. The van der Waals surface area contributed by atoms with Gasteiger partial charge >= 0.3 is 23.9 Å². The molecule has 0 spiro atoms. The highest BCUT2D eigenvalue weighted by Gasteiger charge is 2.20. The quantitative estimate of drug-likeness (QED) is 0.139. The van der Waals surface area contributed by atoms with Crippen molar-refractivity contribution in [1.29, 1.82) is 0 Å². The molecular weight excluding hydrogens is 624 g/mol. The van der Waals surface area contributed by atoms with E-state index in [1.54, 1.807) is 48.5 Å². The van der Waals surface area contributed by atoms with Gasteiger partial charge in [-0.15, -0.1) is 0 Å². The first-order chi connectivity index (χ1) is 24.5. The lowest BCUT2D eigenvalue weighted by Gasteiger charge is -2.08. The third kappa shape index (κ3) is 6.46. The summed E-state index contributed by atoms with van der Waals surface area (Å²) in [4.78, 5) is 50.1. The van der Waals surface area contributed by atoms with Crippen molar-refractivity contribution in [2.45, 2.75) is 0 Å². The van der Waals surface area contributed by atoms with Crippen molar-refractivity contribution in [3.63, 3.8) is 0 Å². The van der Waals surface area contributed by atoms with Crippen LogP contribution in [0.1, 0.15) is 41.4 Å². The Morgan fingerprint density at radius 2 is 0.460 bits per heavy atom. The number of carbonyl (C=O) groups excluding carboxylic acids is 4. The zero-order chi connectivity index (χ0) is 34.5. The Hall–Kier alpha value is -6.92. The fourth-order valence-electron chi connectivity index (χ4n) is 6.00. The molecule has 0 saturated carbocycles. The van der Waals surface area contributed by atoms with Crippen molar-refractivity contribution in [2.24, 2.45) is 0 Å². The molecule has 0 fully saturated rings. The number of hydrogen-bond donors (Lipinski definition) is 0. The number of fused-ring (bicyclic) bond motifs is 4. The molecular formula is C44H28O6. The van der Waals surface area contributed by atoms with E-state index < -0.39 is 23.9 Å². The summed E-state index contributed by atoms with van der Waals surface area (Å²) in [6, 6.07) is 51.5. The fraction of sp³-hybridized carbons (Fsp3) is 0. The van der Waals surface area contributed by atoms with Crippen molar-refractivity contribution < 1.29 is 28.7 Å². The van der Waals surface area contributed by atoms with Crippen molar-refractivity contribution in [2.75, 3.05) is 0 Å². The topological polar surface area (TPSA) is 86.7 Å². The average Bonchev–Trinajstić information content (AvgIpc) is 3.17. The van der Waals surface area contributed by atoms with Gasteiger partial charge in [-0.3, -0.25) is 0 Å². The Morgan fingerprint density at radius 3 is 0.700 bits per heavy atom. The molecule has 50 heavy (non-hydrogen) atoms. The van der Waals surface area contributed by atoms with Crippen LogP contribution in [-0.2, 0) is 9.47 Å². The van der Waals surface area contributed by atoms with Gasteiger partial charge in [0, 0.05) is 0 Å². The fourth-order valence-corrected chi connectivity index (χ4v) is 6.00. The number of carbonyl (C=O) groups is 4. The van der Waals surface area contributed by atoms with Gasteiger partial charge in [0.2, 0.25) is 0 Å². The first kappa shape index (κ1) is 31.7. The molecule has 8 aromatic rings. The molecule has 8 aromatic carbocycles. The molecule has 0 atom stereocenters. The SMILES string of the molecule is O=C(OC(=O)c1cccc2ccccc12)c1cccc2ccccc12.O=C(OC(=O)c1cccc2ccccc12)c1cccc2ccccc12. The lowest BCUT2D eigenvalue weighted by atomic mass is 10.0. The van der Waals surface area contributed by atoms with Gasteiger partial charge in [-0.2, -0.15) is 0 Å². The van der Waals surface area contributed by atoms with Crippen LogP contribution in [0.2, 0.25) is 0 Å². The Labute approximate surface area is 287 Å². The molecule has 0 N–H and O–H groups in total. The monoisotopic (exact) mass is 652 g/mol. The van der Waals surface area contributed by atoms with Crippen molar-refractivity contribution in [3.05, 3.63) is 192 Å². The molecule has 0 aromatic heterocycles. The summed E-state index contributed by atoms with van der Waals surface area (Å²) in [6.45, 7) is 0. The van der Waals surface area contributed by atoms with Gasteiger partial charge in [-0.05, 0) is 67.4 Å². The molecule has 0 radical (unpaired) electrons. The summed E-state index contributed by atoms with van der Waals surface area (Å²) >= 11 is 0. The Morgan fingerprint density at radius 1 is 0.260 bits per heavy atom. The third-order valence-electron chi connectivity index (χ3n) is 8.41. The lowest BCUT2D eigenvalue weighted by molar-refractivity contribution is 0.0382. The average molecular weight is 653 g/mol. The van der Waals surface area contributed by atoms with Gasteiger partial charge in [-0.1, -0.05) is 146 Å². The van der Waals surface area contributed by atoms with Gasteiger partial charge < -0.3 is 9.47 Å². The van der Waals surface area contributed by atoms with Crippen LogP contribution in [0, 0.1) is 0 Å². The standard InChI is InChI=1S/2C22H14O3/c2*23-21(19-13-5-9-15-7-1-3-11-17(15)19)25-22(24)20-14-6-10-16-8-2-4-12-18(16)20/h2*1-14H. The van der Waals surface area contributed by atoms with E-state index in [2.05, 4.69) is 0 Å². The molecule has 0 saturated heterocycles. The van der Waals surface area contributed by atoms with Crippen LogP contribution >= 0.6 is 0 Å². The normalized spacial score (nSPS) is 10.7. The van der Waals surface area contributed by atoms with Crippen molar-refractivity contribution in [1.82, 2.24) is 0 Å². The molecule has 0 amide bonds. The van der Waals surface area contributed by atoms with Crippen LogP contribution < -0.4 is 0 Å². The summed E-state index contributed by atoms with van der Waals surface area (Å²) in [7, 11) is 0. The first-order valence-corrected chi connectivity index (χ1v) is 15.9. The van der Waals surface area contributed by atoms with Crippen LogP contribution in [0.4, 0.5) is 0 Å². The largest absolute Gasteiger partial charge is 0.386 e. The van der Waals surface area contributed by atoms with E-state index in [1.165, 1.54) is 0 Å². The number of hydrogen-bond acceptors (Lipinski definition) is 6. The predicted octanol–water partition coefficient (Wildman–Crippen LogP) is 9.98. The van der Waals surface area contributed by atoms with Crippen LogP contribution in [0.25, 0.3) is 43.1 Å². The molecule has 0 aliphatic heterocycles. The molecule has 0 unspecified atom stereocenters. The molecule has 0 aliphatic carbocycles. The Kier molecular flexibility index (Phi) is 8.90. The molecule has 0 bridgehead atoms. The first-order valence-electron chi connectivity index (χ1n) is 15.9. The molecule has 8 rings (SSSR count). The summed E-state index contributed by atoms with van der Waals surface area (Å²) in [5.74, 6) is -2.58. The predicted molar refractivity (Wildman–Crippen MR) is 195 cm³/mol. The second-order valence-corrected chi connectivity index (χ2v) is 11.5. The summed E-state index contributed by atoms with van der Waals surface area (Å²) in [6.07, 6.45) is 0. The van der Waals surface area contributed by atoms with Crippen molar-refractivity contribution >= 4 is 67.0 Å². The number of esters is 4. The maximum Gasteiger partial charge on any atom is 0.346 e. The summed E-state index contributed by atoms with van der Waals surface area (Å²) in [5, 5.41) is 6.76. The van der Waals surface area contributed by atoms with E-state index in [0.717, 1.165) is 43.1 Å². The Bertz CT molecular complexity index is 2210.